The van der Waals surface area contributed by atoms with Crippen molar-refractivity contribution < 1.29 is 14.3 Å². The number of fused-ring (bicyclic) bond motifs is 1. The van der Waals surface area contributed by atoms with E-state index in [1.54, 1.807) is 6.07 Å². The number of aliphatic carboxylic acids is 1. The molecule has 0 saturated heterocycles. The smallest absolute Gasteiger partial charge is 0.328 e. The van der Waals surface area contributed by atoms with E-state index in [9.17, 15) is 9.59 Å². The van der Waals surface area contributed by atoms with Gasteiger partial charge in [-0.2, -0.15) is 0 Å². The zero-order valence-electron chi connectivity index (χ0n) is 11.3. The van der Waals surface area contributed by atoms with Crippen LogP contribution in [0.4, 0.5) is 0 Å². The largest absolute Gasteiger partial charge is 0.478 e. The van der Waals surface area contributed by atoms with E-state index in [2.05, 4.69) is 6.92 Å². The lowest BCUT2D eigenvalue weighted by Gasteiger charge is -2.03. The Hall–Kier alpha value is -2.36. The van der Waals surface area contributed by atoms with Crippen LogP contribution in [-0.4, -0.2) is 11.1 Å². The van der Waals surface area contributed by atoms with Gasteiger partial charge in [-0.15, -0.1) is 0 Å². The molecule has 0 unspecified atom stereocenters. The van der Waals surface area contributed by atoms with Gasteiger partial charge in [0.2, 0.25) is 0 Å². The molecule has 1 heterocycles. The maximum absolute atomic E-state index is 12.3. The van der Waals surface area contributed by atoms with Crippen molar-refractivity contribution in [3.8, 4) is 0 Å². The zero-order chi connectivity index (χ0) is 14.5. The van der Waals surface area contributed by atoms with E-state index in [0.29, 0.717) is 11.0 Å². The van der Waals surface area contributed by atoms with Crippen LogP contribution < -0.4 is 5.43 Å². The molecule has 1 aromatic carbocycles. The van der Waals surface area contributed by atoms with Gasteiger partial charge in [-0.3, -0.25) is 4.79 Å². The number of aryl methyl sites for hydroxylation is 1. The molecule has 0 aliphatic heterocycles. The molecule has 0 amide bonds. The highest BCUT2D eigenvalue weighted by atomic mass is 16.4. The summed E-state index contributed by atoms with van der Waals surface area (Å²) in [6, 6.07) is 5.56. The molecule has 2 aromatic rings. The highest BCUT2D eigenvalue weighted by Crippen LogP contribution is 2.16. The molecule has 4 heteroatoms. The molecule has 4 nitrogen and oxygen atoms in total. The number of hydrogen-bond donors (Lipinski definition) is 1. The van der Waals surface area contributed by atoms with Gasteiger partial charge in [0.15, 0.2) is 5.43 Å². The van der Waals surface area contributed by atoms with Crippen molar-refractivity contribution in [2.45, 2.75) is 26.2 Å². The Morgan fingerprint density at radius 2 is 2.20 bits per heavy atom. The highest BCUT2D eigenvalue weighted by Gasteiger charge is 2.06. The summed E-state index contributed by atoms with van der Waals surface area (Å²) in [6.45, 7) is 2.12. The SMILES string of the molecule is CCCCc1ccc2occ(/C=C/C(=O)O)c(=O)c2c1. The first-order valence-corrected chi connectivity index (χ1v) is 6.57. The van der Waals surface area contributed by atoms with Gasteiger partial charge in [0.05, 0.1) is 10.9 Å². The van der Waals surface area contributed by atoms with E-state index in [-0.39, 0.29) is 11.0 Å². The Morgan fingerprint density at radius 3 is 2.90 bits per heavy atom. The minimum Gasteiger partial charge on any atom is -0.478 e. The maximum Gasteiger partial charge on any atom is 0.328 e. The number of rotatable bonds is 5. The molecule has 2 rings (SSSR count). The average molecular weight is 272 g/mol. The van der Waals surface area contributed by atoms with Gasteiger partial charge in [-0.05, 0) is 36.6 Å². The van der Waals surface area contributed by atoms with Gasteiger partial charge >= 0.3 is 5.97 Å². The third kappa shape index (κ3) is 3.15. The van der Waals surface area contributed by atoms with Crippen LogP contribution in [0.2, 0.25) is 0 Å². The average Bonchev–Trinajstić information content (AvgIpc) is 2.44. The lowest BCUT2D eigenvalue weighted by atomic mass is 10.0. The fourth-order valence-electron chi connectivity index (χ4n) is 2.01. The summed E-state index contributed by atoms with van der Waals surface area (Å²) in [5.74, 6) is -1.10. The number of carbonyl (C=O) groups is 1. The summed E-state index contributed by atoms with van der Waals surface area (Å²) in [4.78, 5) is 22.8. The number of carboxylic acids is 1. The first-order valence-electron chi connectivity index (χ1n) is 6.57. The summed E-state index contributed by atoms with van der Waals surface area (Å²) in [7, 11) is 0. The monoisotopic (exact) mass is 272 g/mol. The van der Waals surface area contributed by atoms with Gasteiger partial charge in [-0.25, -0.2) is 4.79 Å². The highest BCUT2D eigenvalue weighted by molar-refractivity contribution is 5.86. The Bertz CT molecular complexity index is 710. The summed E-state index contributed by atoms with van der Waals surface area (Å²) in [5.41, 5.74) is 1.64. The van der Waals surface area contributed by atoms with Crippen LogP contribution in [0.1, 0.15) is 30.9 Å². The van der Waals surface area contributed by atoms with Crippen molar-refractivity contribution in [1.29, 1.82) is 0 Å². The Labute approximate surface area is 116 Å². The molecule has 0 saturated carbocycles. The van der Waals surface area contributed by atoms with Gasteiger partial charge < -0.3 is 9.52 Å². The van der Waals surface area contributed by atoms with Crippen LogP contribution in [0.25, 0.3) is 17.0 Å². The van der Waals surface area contributed by atoms with Gasteiger partial charge in [-0.1, -0.05) is 19.4 Å². The number of hydrogen-bond acceptors (Lipinski definition) is 3. The molecule has 0 aliphatic carbocycles. The van der Waals surface area contributed by atoms with Crippen LogP contribution in [0.3, 0.4) is 0 Å². The molecule has 104 valence electrons. The van der Waals surface area contributed by atoms with Gasteiger partial charge in [0, 0.05) is 6.08 Å². The minimum absolute atomic E-state index is 0.206. The predicted molar refractivity (Wildman–Crippen MR) is 77.8 cm³/mol. The number of carboxylic acid groups (broad SMARTS) is 1. The summed E-state index contributed by atoms with van der Waals surface area (Å²) in [5, 5.41) is 9.09. The molecule has 0 radical (unpaired) electrons. The molecule has 0 atom stereocenters. The molecule has 20 heavy (non-hydrogen) atoms. The first-order chi connectivity index (χ1) is 9.61. The summed E-state index contributed by atoms with van der Waals surface area (Å²) in [6.07, 6.45) is 6.55. The van der Waals surface area contributed by atoms with Crippen molar-refractivity contribution in [2.75, 3.05) is 0 Å². The van der Waals surface area contributed by atoms with Crippen LogP contribution in [0.15, 0.2) is 39.7 Å². The maximum atomic E-state index is 12.3. The topological polar surface area (TPSA) is 67.5 Å². The fraction of sp³-hybridized carbons (Fsp3) is 0.250. The molecule has 0 bridgehead atoms. The van der Waals surface area contributed by atoms with Crippen molar-refractivity contribution in [2.24, 2.45) is 0 Å². The van der Waals surface area contributed by atoms with Crippen LogP contribution in [0, 0.1) is 0 Å². The van der Waals surface area contributed by atoms with Gasteiger partial charge in [0.25, 0.3) is 0 Å². The zero-order valence-corrected chi connectivity index (χ0v) is 11.3. The Morgan fingerprint density at radius 1 is 1.40 bits per heavy atom. The third-order valence-corrected chi connectivity index (χ3v) is 3.09. The normalized spacial score (nSPS) is 11.2. The summed E-state index contributed by atoms with van der Waals surface area (Å²) < 4.78 is 5.37. The van der Waals surface area contributed by atoms with Crippen molar-refractivity contribution >= 4 is 23.0 Å². The molecule has 0 aliphatic rings. The second-order valence-corrected chi connectivity index (χ2v) is 4.63. The van der Waals surface area contributed by atoms with Gasteiger partial charge in [0.1, 0.15) is 11.8 Å². The lowest BCUT2D eigenvalue weighted by molar-refractivity contribution is -0.131. The van der Waals surface area contributed by atoms with E-state index in [0.717, 1.165) is 30.9 Å². The van der Waals surface area contributed by atoms with E-state index in [1.165, 1.54) is 12.3 Å². The number of benzene rings is 1. The second-order valence-electron chi connectivity index (χ2n) is 4.63. The first kappa shape index (κ1) is 14.1. The third-order valence-electron chi connectivity index (χ3n) is 3.09. The van der Waals surface area contributed by atoms with E-state index < -0.39 is 5.97 Å². The quantitative estimate of drug-likeness (QED) is 0.848. The van der Waals surface area contributed by atoms with E-state index >= 15 is 0 Å². The molecule has 0 fully saturated rings. The van der Waals surface area contributed by atoms with Crippen molar-refractivity contribution in [3.05, 3.63) is 51.9 Å². The molecular formula is C16H16O4. The molecule has 1 N–H and O–H groups in total. The van der Waals surface area contributed by atoms with Crippen LogP contribution in [-0.2, 0) is 11.2 Å². The second kappa shape index (κ2) is 6.19. The van der Waals surface area contributed by atoms with Crippen LogP contribution >= 0.6 is 0 Å². The minimum atomic E-state index is -1.10. The summed E-state index contributed by atoms with van der Waals surface area (Å²) >= 11 is 0. The molecular weight excluding hydrogens is 256 g/mol. The number of unbranched alkanes of at least 4 members (excludes halogenated alkanes) is 1. The van der Waals surface area contributed by atoms with Crippen molar-refractivity contribution in [1.82, 2.24) is 0 Å². The molecule has 1 aromatic heterocycles. The van der Waals surface area contributed by atoms with E-state index in [1.807, 2.05) is 12.1 Å². The Balaban J connectivity index is 2.47. The standard InChI is InChI=1S/C16H16O4/c1-2-3-4-11-5-7-14-13(9-11)16(19)12(10-20-14)6-8-15(17)18/h5-10H,2-4H2,1H3,(H,17,18)/b8-6+. The van der Waals surface area contributed by atoms with Crippen LogP contribution in [0.5, 0.6) is 0 Å². The van der Waals surface area contributed by atoms with Crippen molar-refractivity contribution in [3.63, 3.8) is 0 Å². The predicted octanol–water partition coefficient (Wildman–Crippen LogP) is 3.23. The lowest BCUT2D eigenvalue weighted by Crippen LogP contribution is -2.05. The fourth-order valence-corrected chi connectivity index (χ4v) is 2.01. The Kier molecular flexibility index (Phi) is 4.35. The van der Waals surface area contributed by atoms with E-state index in [4.69, 9.17) is 9.52 Å². The molecule has 0 spiro atoms.